The second-order valence-corrected chi connectivity index (χ2v) is 3.95. The second kappa shape index (κ2) is 4.63. The summed E-state index contributed by atoms with van der Waals surface area (Å²) in [5, 5.41) is 14.5. The van der Waals surface area contributed by atoms with Gasteiger partial charge in [-0.1, -0.05) is 17.7 Å². The Labute approximate surface area is 98.5 Å². The molecule has 0 bridgehead atoms. The van der Waals surface area contributed by atoms with E-state index in [0.29, 0.717) is 17.1 Å². The summed E-state index contributed by atoms with van der Waals surface area (Å²) in [6.07, 6.45) is 2.97. The van der Waals surface area contributed by atoms with Crippen LogP contribution in [0, 0.1) is 0 Å². The first kappa shape index (κ1) is 11.1. The van der Waals surface area contributed by atoms with Crippen LogP contribution in [0.2, 0.25) is 5.02 Å². The van der Waals surface area contributed by atoms with E-state index in [2.05, 4.69) is 10.1 Å². The van der Waals surface area contributed by atoms with Crippen molar-refractivity contribution in [1.82, 2.24) is 14.8 Å². The van der Waals surface area contributed by atoms with Crippen LogP contribution in [0.4, 0.5) is 0 Å². The van der Waals surface area contributed by atoms with Crippen LogP contribution in [0.15, 0.2) is 30.6 Å². The van der Waals surface area contributed by atoms with E-state index in [9.17, 15) is 5.11 Å². The number of aliphatic hydroxyl groups is 1. The van der Waals surface area contributed by atoms with Crippen LogP contribution in [0.25, 0.3) is 0 Å². The molecule has 0 aromatic carbocycles. The van der Waals surface area contributed by atoms with Gasteiger partial charge in [-0.2, -0.15) is 5.10 Å². The van der Waals surface area contributed by atoms with E-state index in [1.807, 2.05) is 18.2 Å². The summed E-state index contributed by atoms with van der Waals surface area (Å²) in [5.41, 5.74) is 1.44. The van der Waals surface area contributed by atoms with Gasteiger partial charge in [0.25, 0.3) is 0 Å². The van der Waals surface area contributed by atoms with Crippen molar-refractivity contribution in [2.45, 2.75) is 12.5 Å². The van der Waals surface area contributed by atoms with Gasteiger partial charge in [0.2, 0.25) is 0 Å². The Morgan fingerprint density at radius 1 is 1.50 bits per heavy atom. The second-order valence-electron chi connectivity index (χ2n) is 3.54. The fraction of sp³-hybridized carbons (Fsp3) is 0.273. The molecule has 1 N–H and O–H groups in total. The molecule has 2 heterocycles. The normalized spacial score (nSPS) is 12.7. The van der Waals surface area contributed by atoms with E-state index in [1.165, 1.54) is 6.20 Å². The lowest BCUT2D eigenvalue weighted by Crippen LogP contribution is -2.09. The minimum absolute atomic E-state index is 0.431. The molecule has 1 atom stereocenters. The highest BCUT2D eigenvalue weighted by molar-refractivity contribution is 6.31. The number of pyridine rings is 1. The number of rotatable bonds is 3. The molecular weight excluding hydrogens is 226 g/mol. The predicted octanol–water partition coefficient (Wildman–Crippen LogP) is 1.74. The summed E-state index contributed by atoms with van der Waals surface area (Å²) >= 11 is 5.94. The molecule has 16 heavy (non-hydrogen) atoms. The van der Waals surface area contributed by atoms with Crippen LogP contribution >= 0.6 is 11.6 Å². The van der Waals surface area contributed by atoms with Crippen molar-refractivity contribution in [1.29, 1.82) is 0 Å². The van der Waals surface area contributed by atoms with Crippen LogP contribution in [-0.2, 0) is 13.5 Å². The molecule has 5 heteroatoms. The van der Waals surface area contributed by atoms with E-state index in [4.69, 9.17) is 11.6 Å². The molecule has 0 spiro atoms. The predicted molar refractivity (Wildman–Crippen MR) is 61.1 cm³/mol. The highest BCUT2D eigenvalue weighted by atomic mass is 35.5. The van der Waals surface area contributed by atoms with Crippen LogP contribution in [0.5, 0.6) is 0 Å². The van der Waals surface area contributed by atoms with Crippen LogP contribution in [-0.4, -0.2) is 19.9 Å². The lowest BCUT2D eigenvalue weighted by atomic mass is 10.1. The Hall–Kier alpha value is -1.39. The average molecular weight is 238 g/mol. The summed E-state index contributed by atoms with van der Waals surface area (Å²) < 4.78 is 1.58. The van der Waals surface area contributed by atoms with Crippen LogP contribution in [0.1, 0.15) is 17.5 Å². The van der Waals surface area contributed by atoms with Gasteiger partial charge in [0.15, 0.2) is 0 Å². The van der Waals surface area contributed by atoms with E-state index >= 15 is 0 Å². The molecule has 0 aliphatic heterocycles. The van der Waals surface area contributed by atoms with Crippen molar-refractivity contribution in [2.75, 3.05) is 0 Å². The Bertz CT molecular complexity index is 450. The third-order valence-electron chi connectivity index (χ3n) is 2.38. The van der Waals surface area contributed by atoms with Crippen molar-refractivity contribution in [3.63, 3.8) is 0 Å². The molecule has 2 rings (SSSR count). The lowest BCUT2D eigenvalue weighted by molar-refractivity contribution is 0.167. The number of halogens is 1. The molecule has 84 valence electrons. The number of aliphatic hydroxyl groups excluding tert-OH is 1. The molecule has 0 radical (unpaired) electrons. The van der Waals surface area contributed by atoms with Gasteiger partial charge in [0.1, 0.15) is 6.10 Å². The van der Waals surface area contributed by atoms with E-state index in [-0.39, 0.29) is 0 Å². The standard InChI is InChI=1S/C11H12ClN3O/c1-15-11(9(12)7-14-15)10(16)6-8-4-2-3-5-13-8/h2-5,7,10,16H,6H2,1H3. The Morgan fingerprint density at radius 3 is 2.88 bits per heavy atom. The summed E-state index contributed by atoms with van der Waals surface area (Å²) in [7, 11) is 1.75. The van der Waals surface area contributed by atoms with Gasteiger partial charge in [0.05, 0.1) is 16.9 Å². The molecule has 2 aromatic rings. The van der Waals surface area contributed by atoms with E-state index < -0.39 is 6.10 Å². The molecule has 0 fully saturated rings. The first-order valence-corrected chi connectivity index (χ1v) is 5.31. The molecule has 0 aliphatic carbocycles. The monoisotopic (exact) mass is 237 g/mol. The van der Waals surface area contributed by atoms with Crippen molar-refractivity contribution in [2.24, 2.45) is 7.05 Å². The molecule has 0 saturated carbocycles. The zero-order chi connectivity index (χ0) is 11.5. The lowest BCUT2D eigenvalue weighted by Gasteiger charge is -2.11. The molecule has 2 aromatic heterocycles. The van der Waals surface area contributed by atoms with Gasteiger partial charge < -0.3 is 5.11 Å². The summed E-state index contributed by atoms with van der Waals surface area (Å²) in [4.78, 5) is 4.16. The third-order valence-corrected chi connectivity index (χ3v) is 2.67. The fourth-order valence-electron chi connectivity index (χ4n) is 1.61. The first-order valence-electron chi connectivity index (χ1n) is 4.94. The molecule has 0 amide bonds. The summed E-state index contributed by atoms with van der Waals surface area (Å²) in [6, 6.07) is 5.60. The van der Waals surface area contributed by atoms with Gasteiger partial charge >= 0.3 is 0 Å². The minimum Gasteiger partial charge on any atom is -0.386 e. The zero-order valence-corrected chi connectivity index (χ0v) is 9.59. The molecular formula is C11H12ClN3O. The highest BCUT2D eigenvalue weighted by Gasteiger charge is 2.17. The molecule has 0 aliphatic rings. The number of aryl methyl sites for hydroxylation is 1. The molecule has 0 saturated heterocycles. The number of aromatic nitrogens is 3. The topological polar surface area (TPSA) is 50.9 Å². The maximum atomic E-state index is 10.0. The van der Waals surface area contributed by atoms with E-state index in [1.54, 1.807) is 17.9 Å². The van der Waals surface area contributed by atoms with Gasteiger partial charge in [-0.3, -0.25) is 9.67 Å². The van der Waals surface area contributed by atoms with Crippen molar-refractivity contribution in [3.05, 3.63) is 47.0 Å². The van der Waals surface area contributed by atoms with Gasteiger partial charge in [-0.05, 0) is 12.1 Å². The summed E-state index contributed by atoms with van der Waals surface area (Å²) in [5.74, 6) is 0. The Balaban J connectivity index is 2.18. The Kier molecular flexibility index (Phi) is 3.22. The smallest absolute Gasteiger partial charge is 0.103 e. The number of hydrogen-bond donors (Lipinski definition) is 1. The third kappa shape index (κ3) is 2.23. The van der Waals surface area contributed by atoms with Crippen molar-refractivity contribution < 1.29 is 5.11 Å². The zero-order valence-electron chi connectivity index (χ0n) is 8.84. The summed E-state index contributed by atoms with van der Waals surface area (Å²) in [6.45, 7) is 0. The number of nitrogens with zero attached hydrogens (tertiary/aromatic N) is 3. The van der Waals surface area contributed by atoms with Crippen molar-refractivity contribution in [3.8, 4) is 0 Å². The molecule has 4 nitrogen and oxygen atoms in total. The Morgan fingerprint density at radius 2 is 2.31 bits per heavy atom. The van der Waals surface area contributed by atoms with Crippen LogP contribution < -0.4 is 0 Å². The first-order chi connectivity index (χ1) is 7.68. The largest absolute Gasteiger partial charge is 0.386 e. The maximum absolute atomic E-state index is 10.0. The SMILES string of the molecule is Cn1ncc(Cl)c1C(O)Cc1ccccn1. The van der Waals surface area contributed by atoms with Crippen molar-refractivity contribution >= 4 is 11.6 Å². The average Bonchev–Trinajstić information content (AvgIpc) is 2.60. The van der Waals surface area contributed by atoms with Gasteiger partial charge in [-0.25, -0.2) is 0 Å². The van der Waals surface area contributed by atoms with Gasteiger partial charge in [0, 0.05) is 25.4 Å². The van der Waals surface area contributed by atoms with Gasteiger partial charge in [-0.15, -0.1) is 0 Å². The van der Waals surface area contributed by atoms with E-state index in [0.717, 1.165) is 5.69 Å². The maximum Gasteiger partial charge on any atom is 0.103 e. The van der Waals surface area contributed by atoms with Crippen LogP contribution in [0.3, 0.4) is 0 Å². The number of hydrogen-bond acceptors (Lipinski definition) is 3. The minimum atomic E-state index is -0.685. The fourth-order valence-corrected chi connectivity index (χ4v) is 1.90. The quantitative estimate of drug-likeness (QED) is 0.885. The highest BCUT2D eigenvalue weighted by Crippen LogP contribution is 2.24. The molecule has 1 unspecified atom stereocenters.